The summed E-state index contributed by atoms with van der Waals surface area (Å²) in [5.41, 5.74) is 26.6. The van der Waals surface area contributed by atoms with Crippen LogP contribution in [-0.4, -0.2) is 21.7 Å². The Balaban J connectivity index is 1.10. The molecule has 0 spiro atoms. The molecule has 0 N–H and O–H groups in total. The third-order valence-corrected chi connectivity index (χ3v) is 18.5. The molecule has 0 saturated heterocycles. The highest BCUT2D eigenvalue weighted by molar-refractivity contribution is 7.00. The summed E-state index contributed by atoms with van der Waals surface area (Å²) >= 11 is 0. The molecule has 0 amide bonds. The summed E-state index contributed by atoms with van der Waals surface area (Å²) in [7, 11) is 0. The lowest BCUT2D eigenvalue weighted by atomic mass is 9.33. The second kappa shape index (κ2) is 22.5. The third kappa shape index (κ3) is 11.3. The van der Waals surface area contributed by atoms with Gasteiger partial charge in [0.1, 0.15) is 0 Å². The number of fused-ring (bicyclic) bond motifs is 4. The lowest BCUT2D eigenvalue weighted by Crippen LogP contribution is -2.61. The molecule has 0 saturated carbocycles. The van der Waals surface area contributed by atoms with E-state index >= 15 is 0 Å². The highest BCUT2D eigenvalue weighted by atomic mass is 15.2. The van der Waals surface area contributed by atoms with Crippen LogP contribution in [0.4, 0.5) is 34.1 Å². The zero-order chi connectivity index (χ0) is 63.1. The number of hydrogen-bond donors (Lipinski definition) is 0. The predicted molar refractivity (Wildman–Crippen MR) is 387 cm³/mol. The maximum atomic E-state index is 5.76. The van der Waals surface area contributed by atoms with E-state index in [0.29, 0.717) is 17.5 Å². The molecule has 0 aliphatic carbocycles. The number of aromatic nitrogens is 3. The molecule has 0 atom stereocenters. The summed E-state index contributed by atoms with van der Waals surface area (Å²) in [5, 5.41) is 0. The van der Waals surface area contributed by atoms with Crippen LogP contribution < -0.4 is 26.2 Å². The molecular formula is C85H78BN5. The van der Waals surface area contributed by atoms with Crippen LogP contribution in [0.3, 0.4) is 0 Å². The van der Waals surface area contributed by atoms with E-state index in [9.17, 15) is 0 Å². The molecule has 0 bridgehead atoms. The van der Waals surface area contributed by atoms with Gasteiger partial charge in [-0.2, -0.15) is 0 Å². The Kier molecular flexibility index (Phi) is 14.6. The van der Waals surface area contributed by atoms with Gasteiger partial charge in [0.25, 0.3) is 6.71 Å². The number of nitrogens with zero attached hydrogens (tertiary/aromatic N) is 5. The third-order valence-electron chi connectivity index (χ3n) is 18.5. The highest BCUT2D eigenvalue weighted by Crippen LogP contribution is 2.48. The summed E-state index contributed by atoms with van der Waals surface area (Å²) in [4.78, 5) is 22.1. The Morgan fingerprint density at radius 1 is 0.242 bits per heavy atom. The first-order valence-corrected chi connectivity index (χ1v) is 32.2. The Bertz CT molecular complexity index is 4350. The fourth-order valence-electron chi connectivity index (χ4n) is 13.2. The minimum atomic E-state index is -0.188. The van der Waals surface area contributed by atoms with Crippen LogP contribution in [0.5, 0.6) is 0 Å². The average Bonchev–Trinajstić information content (AvgIpc) is 0.697. The van der Waals surface area contributed by atoms with Crippen molar-refractivity contribution in [2.24, 2.45) is 0 Å². The van der Waals surface area contributed by atoms with Crippen LogP contribution in [0.2, 0.25) is 0 Å². The molecule has 3 heterocycles. The Morgan fingerprint density at radius 2 is 0.505 bits per heavy atom. The van der Waals surface area contributed by atoms with Crippen molar-refractivity contribution in [3.63, 3.8) is 0 Å². The quantitative estimate of drug-likeness (QED) is 0.135. The molecular weight excluding hydrogens is 1100 g/mol. The molecule has 91 heavy (non-hydrogen) atoms. The minimum absolute atomic E-state index is 0.142. The molecule has 12 aromatic rings. The molecule has 1 aromatic heterocycles. The Morgan fingerprint density at radius 3 is 0.802 bits per heavy atom. The summed E-state index contributed by atoms with van der Waals surface area (Å²) in [5.74, 6) is 1.87. The molecule has 0 fully saturated rings. The van der Waals surface area contributed by atoms with E-state index in [2.05, 4.69) is 348 Å². The fourth-order valence-corrected chi connectivity index (χ4v) is 13.2. The molecule has 6 heteroatoms. The van der Waals surface area contributed by atoms with Gasteiger partial charge >= 0.3 is 0 Å². The molecule has 0 radical (unpaired) electrons. The average molecular weight is 1180 g/mol. The van der Waals surface area contributed by atoms with Crippen molar-refractivity contribution in [1.29, 1.82) is 0 Å². The zero-order valence-corrected chi connectivity index (χ0v) is 54.6. The van der Waals surface area contributed by atoms with Crippen LogP contribution >= 0.6 is 0 Å². The number of anilines is 6. The van der Waals surface area contributed by atoms with E-state index in [4.69, 9.17) is 15.0 Å². The van der Waals surface area contributed by atoms with Crippen molar-refractivity contribution in [2.45, 2.75) is 105 Å². The van der Waals surface area contributed by atoms with E-state index in [1.807, 2.05) is 0 Å². The number of rotatable bonds is 9. The van der Waals surface area contributed by atoms with Gasteiger partial charge in [-0.1, -0.05) is 265 Å². The first kappa shape index (κ1) is 58.8. The first-order chi connectivity index (χ1) is 43.6. The van der Waals surface area contributed by atoms with E-state index < -0.39 is 0 Å². The normalized spacial score (nSPS) is 13.0. The van der Waals surface area contributed by atoms with Gasteiger partial charge in [0.2, 0.25) is 0 Å². The van der Waals surface area contributed by atoms with Crippen LogP contribution in [0, 0.1) is 0 Å². The molecule has 2 aliphatic rings. The molecule has 11 aromatic carbocycles. The largest absolute Gasteiger partial charge is 0.311 e. The molecule has 5 nitrogen and oxygen atoms in total. The molecule has 446 valence electrons. The zero-order valence-electron chi connectivity index (χ0n) is 54.6. The van der Waals surface area contributed by atoms with Crippen LogP contribution in [0.1, 0.15) is 105 Å². The predicted octanol–water partition coefficient (Wildman–Crippen LogP) is 20.8. The number of benzene rings is 11. The SMILES string of the molecule is CC(C)(C)c1cc(-c2nc(-c3cc(C(C)(C)C)cc(C(C)(C)C)c3)nc(-c3cc4c5c(c3)N(c3ccc(-c6ccccc6)cc3)c3ccc(-c6ccccc6)cc3B5c3cc(-c5ccccc5)ccc3N4c3ccc(-c4ccccc4)cc3)n2)cc(C(C)(C)C)c1. The van der Waals surface area contributed by atoms with Gasteiger partial charge in [-0.15, -0.1) is 0 Å². The molecule has 14 rings (SSSR count). The van der Waals surface area contributed by atoms with Gasteiger partial charge in [0.05, 0.1) is 0 Å². The van der Waals surface area contributed by atoms with Crippen molar-refractivity contribution in [3.05, 3.63) is 277 Å². The van der Waals surface area contributed by atoms with Crippen molar-refractivity contribution < 1.29 is 0 Å². The Labute approximate surface area is 539 Å². The van der Waals surface area contributed by atoms with Gasteiger partial charge in [0.15, 0.2) is 17.5 Å². The molecule has 2 aliphatic heterocycles. The van der Waals surface area contributed by atoms with Gasteiger partial charge in [-0.3, -0.25) is 0 Å². The topological polar surface area (TPSA) is 45.2 Å². The van der Waals surface area contributed by atoms with Crippen molar-refractivity contribution in [1.82, 2.24) is 15.0 Å². The van der Waals surface area contributed by atoms with Gasteiger partial charge in [-0.05, 0) is 178 Å². The lowest BCUT2D eigenvalue weighted by molar-refractivity contribution is 0.568. The van der Waals surface area contributed by atoms with Crippen molar-refractivity contribution >= 4 is 57.2 Å². The summed E-state index contributed by atoms with van der Waals surface area (Å²) in [6, 6.07) is 94.3. The minimum Gasteiger partial charge on any atom is -0.311 e. The summed E-state index contributed by atoms with van der Waals surface area (Å²) in [6.45, 7) is 27.4. The van der Waals surface area contributed by atoms with E-state index in [-0.39, 0.29) is 28.4 Å². The first-order valence-electron chi connectivity index (χ1n) is 32.2. The molecule has 0 unspecified atom stereocenters. The maximum absolute atomic E-state index is 5.76. The smallest absolute Gasteiger partial charge is 0.252 e. The number of hydrogen-bond acceptors (Lipinski definition) is 5. The van der Waals surface area contributed by atoms with Crippen LogP contribution in [0.15, 0.2) is 255 Å². The van der Waals surface area contributed by atoms with Crippen LogP contribution in [0.25, 0.3) is 78.7 Å². The van der Waals surface area contributed by atoms with Crippen molar-refractivity contribution in [3.8, 4) is 78.7 Å². The van der Waals surface area contributed by atoms with E-state index in [1.54, 1.807) is 0 Å². The van der Waals surface area contributed by atoms with Crippen molar-refractivity contribution in [2.75, 3.05) is 9.80 Å². The van der Waals surface area contributed by atoms with Gasteiger partial charge < -0.3 is 9.80 Å². The lowest BCUT2D eigenvalue weighted by Gasteiger charge is -2.44. The summed E-state index contributed by atoms with van der Waals surface area (Å²) in [6.07, 6.45) is 0. The highest BCUT2D eigenvalue weighted by Gasteiger charge is 2.44. The van der Waals surface area contributed by atoms with Gasteiger partial charge in [-0.25, -0.2) is 15.0 Å². The monoisotopic (exact) mass is 1180 g/mol. The van der Waals surface area contributed by atoms with E-state index in [0.717, 1.165) is 61.9 Å². The second-order valence-electron chi connectivity index (χ2n) is 29.0. The standard InChI is InChI=1S/C85H78BN5/c1-82(2,3)66-45-63(46-67(53-66)83(4,5)6)79-87-80(64-47-68(84(7,8)9)54-69(48-64)85(10,11)12)89-81(88-79)65-51-76-78-77(52-65)91(71-41-35-60(36-42-71)56-27-19-14-20-28-56)75-44-38-62(58-31-23-16-24-32-58)50-73(75)86(78)72-49-61(57-29-21-15-22-30-57)37-43-74(72)90(76)70-39-33-59(34-40-70)55-25-17-13-18-26-55/h13-54H,1-12H3. The maximum Gasteiger partial charge on any atom is 0.252 e. The van der Waals surface area contributed by atoms with Crippen LogP contribution in [-0.2, 0) is 21.7 Å². The Hall–Kier alpha value is -9.91. The van der Waals surface area contributed by atoms with E-state index in [1.165, 1.54) is 72.0 Å². The summed E-state index contributed by atoms with van der Waals surface area (Å²) < 4.78 is 0. The van der Waals surface area contributed by atoms with Gasteiger partial charge in [0, 0.05) is 50.8 Å². The second-order valence-corrected chi connectivity index (χ2v) is 29.0. The fraction of sp³-hybridized carbons (Fsp3) is 0.188.